The first kappa shape index (κ1) is 10.0. The Balaban J connectivity index is 2.68. The third-order valence-corrected chi connectivity index (χ3v) is 1.67. The molecule has 0 aliphatic carbocycles. The third-order valence-electron chi connectivity index (χ3n) is 1.40. The summed E-state index contributed by atoms with van der Waals surface area (Å²) in [5.74, 6) is 2.26. The second-order valence-electron chi connectivity index (χ2n) is 2.33. The Labute approximate surface area is 91.0 Å². The van der Waals surface area contributed by atoms with Crippen molar-refractivity contribution in [1.82, 2.24) is 0 Å². The van der Waals surface area contributed by atoms with Crippen LogP contribution in [-0.2, 0) is 4.79 Å². The number of benzene rings is 1. The van der Waals surface area contributed by atoms with Crippen LogP contribution in [-0.4, -0.2) is 5.78 Å². The second-order valence-corrected chi connectivity index (χ2v) is 2.87. The highest BCUT2D eigenvalue weighted by molar-refractivity contribution is 14.1. The number of allylic oxidation sites excluding steroid dienone is 1. The van der Waals surface area contributed by atoms with E-state index in [2.05, 4.69) is 9.85 Å². The molecule has 1 nitrogen and oxygen atoms in total. The fourth-order valence-electron chi connectivity index (χ4n) is 0.824. The van der Waals surface area contributed by atoms with Crippen molar-refractivity contribution in [2.24, 2.45) is 0 Å². The minimum atomic E-state index is -0.168. The van der Waals surface area contributed by atoms with E-state index in [0.29, 0.717) is 0 Å². The molecule has 0 aliphatic rings. The molecule has 0 bridgehead atoms. The first-order valence-corrected chi connectivity index (χ1v) is 4.79. The minimum absolute atomic E-state index is 0.168. The average Bonchev–Trinajstić information content (AvgIpc) is 2.17. The van der Waals surface area contributed by atoms with Gasteiger partial charge in [0, 0.05) is 22.6 Å². The van der Waals surface area contributed by atoms with Crippen molar-refractivity contribution < 1.29 is 4.79 Å². The molecule has 0 atom stereocenters. The fourth-order valence-corrected chi connectivity index (χ4v) is 1.09. The van der Waals surface area contributed by atoms with Gasteiger partial charge in [0.05, 0.1) is 0 Å². The summed E-state index contributed by atoms with van der Waals surface area (Å²) in [5.41, 5.74) is 1.01. The summed E-state index contributed by atoms with van der Waals surface area (Å²) in [6.07, 6.45) is 3.23. The van der Waals surface area contributed by atoms with Crippen molar-refractivity contribution in [2.45, 2.75) is 0 Å². The van der Waals surface area contributed by atoms with Crippen molar-refractivity contribution in [3.8, 4) is 9.85 Å². The molecule has 0 fully saturated rings. The molecule has 64 valence electrons. The predicted molar refractivity (Wildman–Crippen MR) is 62.3 cm³/mol. The van der Waals surface area contributed by atoms with E-state index in [9.17, 15) is 4.79 Å². The van der Waals surface area contributed by atoms with E-state index in [1.165, 1.54) is 6.08 Å². The Morgan fingerprint density at radius 2 is 2.00 bits per heavy atom. The Morgan fingerprint density at radius 3 is 2.62 bits per heavy atom. The first-order valence-electron chi connectivity index (χ1n) is 3.71. The largest absolute Gasteiger partial charge is 0.280 e. The maximum Gasteiger partial charge on any atom is 0.229 e. The summed E-state index contributed by atoms with van der Waals surface area (Å²) in [6.45, 7) is 0. The highest BCUT2D eigenvalue weighted by Gasteiger charge is 1.87. The number of carbonyl (C=O) groups excluding carboxylic acids is 1. The number of hydrogen-bond donors (Lipinski definition) is 0. The highest BCUT2D eigenvalue weighted by Crippen LogP contribution is 2.00. The summed E-state index contributed by atoms with van der Waals surface area (Å²) < 4.78 is 2.52. The number of halogens is 1. The van der Waals surface area contributed by atoms with E-state index in [0.717, 1.165) is 5.56 Å². The zero-order valence-corrected chi connectivity index (χ0v) is 8.99. The third kappa shape index (κ3) is 3.90. The van der Waals surface area contributed by atoms with Crippen LogP contribution in [0.4, 0.5) is 0 Å². The average molecular weight is 282 g/mol. The second kappa shape index (κ2) is 5.55. The van der Waals surface area contributed by atoms with Gasteiger partial charge in [0.2, 0.25) is 5.78 Å². The molecule has 0 amide bonds. The van der Waals surface area contributed by atoms with E-state index >= 15 is 0 Å². The molecule has 1 aromatic carbocycles. The molecule has 0 aliphatic heterocycles. The van der Waals surface area contributed by atoms with E-state index < -0.39 is 0 Å². The molecule has 0 heterocycles. The van der Waals surface area contributed by atoms with Gasteiger partial charge in [-0.25, -0.2) is 0 Å². The van der Waals surface area contributed by atoms with Gasteiger partial charge < -0.3 is 0 Å². The van der Waals surface area contributed by atoms with Gasteiger partial charge in [-0.15, -0.1) is 0 Å². The molecule has 0 N–H and O–H groups in total. The summed E-state index contributed by atoms with van der Waals surface area (Å²) >= 11 is 1.84. The van der Waals surface area contributed by atoms with E-state index in [1.54, 1.807) is 6.08 Å². The first-order chi connectivity index (χ1) is 6.33. The molecule has 13 heavy (non-hydrogen) atoms. The number of rotatable bonds is 2. The molecule has 1 aromatic rings. The van der Waals surface area contributed by atoms with Crippen molar-refractivity contribution in [1.29, 1.82) is 0 Å². The van der Waals surface area contributed by atoms with Crippen LogP contribution in [0.1, 0.15) is 5.56 Å². The topological polar surface area (TPSA) is 17.1 Å². The maximum absolute atomic E-state index is 11.0. The molecule has 2 heteroatoms. The molecule has 0 saturated carbocycles. The minimum Gasteiger partial charge on any atom is -0.280 e. The molecule has 0 spiro atoms. The Kier molecular flexibility index (Phi) is 4.27. The van der Waals surface area contributed by atoms with Crippen LogP contribution in [0.15, 0.2) is 36.4 Å². The van der Waals surface area contributed by atoms with Gasteiger partial charge in [0.15, 0.2) is 0 Å². The lowest BCUT2D eigenvalue weighted by atomic mass is 10.2. The standard InChI is InChI=1S/C11H7IO/c12-9-8-11(13)7-6-10-4-2-1-3-5-10/h1-7H/b7-6+. The van der Waals surface area contributed by atoms with E-state index in [-0.39, 0.29) is 5.78 Å². The van der Waals surface area contributed by atoms with Crippen LogP contribution in [0.25, 0.3) is 6.08 Å². The zero-order valence-electron chi connectivity index (χ0n) is 6.83. The lowest BCUT2D eigenvalue weighted by Crippen LogP contribution is -1.83. The van der Waals surface area contributed by atoms with E-state index in [1.807, 2.05) is 52.9 Å². The summed E-state index contributed by atoms with van der Waals surface area (Å²) in [7, 11) is 0. The number of ketones is 1. The van der Waals surface area contributed by atoms with Gasteiger partial charge in [-0.05, 0) is 21.5 Å². The van der Waals surface area contributed by atoms with Gasteiger partial charge in [0.1, 0.15) is 0 Å². The van der Waals surface area contributed by atoms with Crippen LogP contribution in [0, 0.1) is 9.85 Å². The predicted octanol–water partition coefficient (Wildman–Crippen LogP) is 2.66. The van der Waals surface area contributed by atoms with Crippen molar-refractivity contribution in [3.05, 3.63) is 42.0 Å². The van der Waals surface area contributed by atoms with E-state index in [4.69, 9.17) is 0 Å². The summed E-state index contributed by atoms with van der Waals surface area (Å²) in [6, 6.07) is 9.65. The smallest absolute Gasteiger partial charge is 0.229 e. The lowest BCUT2D eigenvalue weighted by Gasteiger charge is -1.88. The monoisotopic (exact) mass is 282 g/mol. The molecule has 0 unspecified atom stereocenters. The lowest BCUT2D eigenvalue weighted by molar-refractivity contribution is -0.109. The van der Waals surface area contributed by atoms with Gasteiger partial charge in [0.25, 0.3) is 0 Å². The Hall–Kier alpha value is -1.08. The zero-order chi connectivity index (χ0) is 9.52. The molecule has 0 radical (unpaired) electrons. The molecular weight excluding hydrogens is 275 g/mol. The van der Waals surface area contributed by atoms with Crippen LogP contribution in [0.3, 0.4) is 0 Å². The molecule has 0 saturated heterocycles. The maximum atomic E-state index is 11.0. The van der Waals surface area contributed by atoms with Gasteiger partial charge in [-0.1, -0.05) is 36.4 Å². The van der Waals surface area contributed by atoms with Crippen molar-refractivity contribution in [2.75, 3.05) is 0 Å². The fraction of sp³-hybridized carbons (Fsp3) is 0. The SMILES string of the molecule is O=C(C#CI)/C=C/c1ccccc1. The van der Waals surface area contributed by atoms with Gasteiger partial charge in [-0.3, -0.25) is 4.79 Å². The molecular formula is C11H7IO. The normalized spacial score (nSPS) is 9.31. The molecule has 1 rings (SSSR count). The van der Waals surface area contributed by atoms with Crippen LogP contribution < -0.4 is 0 Å². The van der Waals surface area contributed by atoms with Crippen LogP contribution in [0.5, 0.6) is 0 Å². The Bertz CT molecular complexity index is 368. The molecule has 0 aromatic heterocycles. The van der Waals surface area contributed by atoms with Crippen molar-refractivity contribution >= 4 is 34.5 Å². The summed E-state index contributed by atoms with van der Waals surface area (Å²) in [4.78, 5) is 11.0. The Morgan fingerprint density at radius 1 is 1.31 bits per heavy atom. The van der Waals surface area contributed by atoms with Gasteiger partial charge in [-0.2, -0.15) is 0 Å². The van der Waals surface area contributed by atoms with Crippen molar-refractivity contribution in [3.63, 3.8) is 0 Å². The number of carbonyl (C=O) groups is 1. The quantitative estimate of drug-likeness (QED) is 0.463. The van der Waals surface area contributed by atoms with Gasteiger partial charge >= 0.3 is 0 Å². The highest BCUT2D eigenvalue weighted by atomic mass is 127. The number of hydrogen-bond acceptors (Lipinski definition) is 1. The van der Waals surface area contributed by atoms with Crippen LogP contribution >= 0.6 is 22.6 Å². The summed E-state index contributed by atoms with van der Waals surface area (Å²) in [5, 5.41) is 0. The van der Waals surface area contributed by atoms with Crippen LogP contribution in [0.2, 0.25) is 0 Å².